The van der Waals surface area contributed by atoms with Crippen LogP contribution in [0.3, 0.4) is 0 Å². The van der Waals surface area contributed by atoms with Crippen molar-refractivity contribution in [3.8, 4) is 0 Å². The minimum atomic E-state index is -3.54. The molecule has 1 aromatic heterocycles. The van der Waals surface area contributed by atoms with Crippen molar-refractivity contribution < 1.29 is 17.7 Å². The van der Waals surface area contributed by atoms with Gasteiger partial charge < -0.3 is 9.42 Å². The predicted molar refractivity (Wildman–Crippen MR) is 106 cm³/mol. The van der Waals surface area contributed by atoms with E-state index in [1.54, 1.807) is 29.2 Å². The van der Waals surface area contributed by atoms with Crippen LogP contribution in [0, 0.1) is 0 Å². The molecule has 2 heterocycles. The topological polar surface area (TPSA) is 96.6 Å². The van der Waals surface area contributed by atoms with E-state index in [2.05, 4.69) is 26.1 Å². The van der Waals surface area contributed by atoms with Gasteiger partial charge in [-0.2, -0.15) is 9.29 Å². The van der Waals surface area contributed by atoms with Gasteiger partial charge in [-0.15, -0.1) is 0 Å². The van der Waals surface area contributed by atoms with E-state index in [0.717, 1.165) is 17.3 Å². The molecule has 1 aliphatic rings. The maximum atomic E-state index is 12.7. The molecule has 3 rings (SSSR count). The lowest BCUT2D eigenvalue weighted by molar-refractivity contribution is -0.132. The van der Waals surface area contributed by atoms with E-state index in [-0.39, 0.29) is 30.3 Å². The average Bonchev–Trinajstić information content (AvgIpc) is 3.14. The molecule has 1 aliphatic heterocycles. The highest BCUT2D eigenvalue weighted by molar-refractivity contribution is 9.10. The van der Waals surface area contributed by atoms with Crippen LogP contribution in [0.4, 0.5) is 0 Å². The van der Waals surface area contributed by atoms with Gasteiger partial charge >= 0.3 is 0 Å². The highest BCUT2D eigenvalue weighted by Gasteiger charge is 2.30. The fraction of sp³-hybridized carbons (Fsp3) is 0.500. The summed E-state index contributed by atoms with van der Waals surface area (Å²) in [5.41, 5.74) is 0. The molecule has 0 atom stereocenters. The lowest BCUT2D eigenvalue weighted by Gasteiger charge is -2.34. The molecule has 1 amide bonds. The van der Waals surface area contributed by atoms with Gasteiger partial charge in [0.1, 0.15) is 0 Å². The van der Waals surface area contributed by atoms with Crippen molar-refractivity contribution in [3.63, 3.8) is 0 Å². The Labute approximate surface area is 173 Å². The molecule has 2 aromatic rings. The fourth-order valence-corrected chi connectivity index (χ4v) is 4.71. The number of carbonyl (C=O) groups excluding carboxylic acids is 1. The number of sulfonamides is 1. The van der Waals surface area contributed by atoms with Gasteiger partial charge in [-0.05, 0) is 30.7 Å². The molecule has 1 saturated heterocycles. The lowest BCUT2D eigenvalue weighted by atomic mass is 10.2. The Hall–Kier alpha value is -1.78. The first-order valence-corrected chi connectivity index (χ1v) is 11.5. The molecule has 0 aliphatic carbocycles. The van der Waals surface area contributed by atoms with E-state index in [1.807, 2.05) is 6.92 Å². The number of rotatable bonds is 7. The second kappa shape index (κ2) is 9.15. The van der Waals surface area contributed by atoms with Crippen LogP contribution in [-0.4, -0.2) is 59.8 Å². The molecule has 10 heteroatoms. The maximum absolute atomic E-state index is 12.7. The minimum absolute atomic E-state index is 0.0315. The van der Waals surface area contributed by atoms with Gasteiger partial charge in [0.15, 0.2) is 5.82 Å². The van der Waals surface area contributed by atoms with Crippen LogP contribution < -0.4 is 0 Å². The van der Waals surface area contributed by atoms with Crippen molar-refractivity contribution in [3.05, 3.63) is 40.5 Å². The molecular formula is C18H23BrN4O4S. The molecule has 0 spiro atoms. The molecule has 8 nitrogen and oxygen atoms in total. The van der Waals surface area contributed by atoms with Gasteiger partial charge in [0, 0.05) is 49.9 Å². The summed E-state index contributed by atoms with van der Waals surface area (Å²) >= 11 is 3.30. The summed E-state index contributed by atoms with van der Waals surface area (Å²) in [5.74, 6) is 1.10. The summed E-state index contributed by atoms with van der Waals surface area (Å²) in [6.45, 7) is 3.35. The number of aromatic nitrogens is 2. The lowest BCUT2D eigenvalue weighted by Crippen LogP contribution is -2.50. The Morgan fingerprint density at radius 2 is 1.82 bits per heavy atom. The Morgan fingerprint density at radius 3 is 2.46 bits per heavy atom. The molecular weight excluding hydrogens is 448 g/mol. The van der Waals surface area contributed by atoms with Crippen molar-refractivity contribution in [1.82, 2.24) is 19.3 Å². The number of benzene rings is 1. The van der Waals surface area contributed by atoms with Crippen molar-refractivity contribution >= 4 is 31.9 Å². The first-order valence-electron chi connectivity index (χ1n) is 9.25. The number of hydrogen-bond donors (Lipinski definition) is 0. The van der Waals surface area contributed by atoms with Crippen molar-refractivity contribution in [2.24, 2.45) is 0 Å². The Balaban J connectivity index is 1.51. The molecule has 152 valence electrons. The number of piperazine rings is 1. The van der Waals surface area contributed by atoms with E-state index in [4.69, 9.17) is 4.52 Å². The standard InChI is InChI=1S/C18H23BrN4O4S/c1-2-3-16-20-17(27-21-16)8-9-18(24)22-10-12-23(13-11-22)28(25,26)15-6-4-14(19)5-7-15/h4-7H,2-3,8-13H2,1H3. The van der Waals surface area contributed by atoms with Gasteiger partial charge in [0.05, 0.1) is 4.90 Å². The van der Waals surface area contributed by atoms with E-state index in [9.17, 15) is 13.2 Å². The van der Waals surface area contributed by atoms with Crippen LogP contribution in [0.1, 0.15) is 31.5 Å². The molecule has 0 N–H and O–H groups in total. The number of halogens is 1. The number of hydrogen-bond acceptors (Lipinski definition) is 6. The third kappa shape index (κ3) is 4.98. The van der Waals surface area contributed by atoms with E-state index in [1.165, 1.54) is 4.31 Å². The first-order chi connectivity index (χ1) is 13.4. The van der Waals surface area contributed by atoms with Gasteiger partial charge in [0.2, 0.25) is 21.8 Å². The van der Waals surface area contributed by atoms with Crippen LogP contribution >= 0.6 is 15.9 Å². The first kappa shape index (κ1) is 20.9. The molecule has 28 heavy (non-hydrogen) atoms. The van der Waals surface area contributed by atoms with Crippen LogP contribution in [-0.2, 0) is 27.7 Å². The van der Waals surface area contributed by atoms with E-state index in [0.29, 0.717) is 31.2 Å². The normalized spacial score (nSPS) is 15.7. The van der Waals surface area contributed by atoms with Crippen molar-refractivity contribution in [2.75, 3.05) is 26.2 Å². The molecule has 1 aromatic carbocycles. The monoisotopic (exact) mass is 470 g/mol. The third-order valence-electron chi connectivity index (χ3n) is 4.58. The van der Waals surface area contributed by atoms with Crippen molar-refractivity contribution in [1.29, 1.82) is 0 Å². The molecule has 0 radical (unpaired) electrons. The van der Waals surface area contributed by atoms with Gasteiger partial charge in [-0.3, -0.25) is 4.79 Å². The summed E-state index contributed by atoms with van der Waals surface area (Å²) < 4.78 is 32.8. The SMILES string of the molecule is CCCc1noc(CCC(=O)N2CCN(S(=O)(=O)c3ccc(Br)cc3)CC2)n1. The number of carbonyl (C=O) groups is 1. The van der Waals surface area contributed by atoms with Gasteiger partial charge in [0.25, 0.3) is 0 Å². The summed E-state index contributed by atoms with van der Waals surface area (Å²) in [5, 5.41) is 3.88. The van der Waals surface area contributed by atoms with Gasteiger partial charge in [-0.25, -0.2) is 8.42 Å². The smallest absolute Gasteiger partial charge is 0.243 e. The molecule has 0 unspecified atom stereocenters. The number of aryl methyl sites for hydroxylation is 2. The predicted octanol–water partition coefficient (Wildman–Crippen LogP) is 2.25. The zero-order valence-electron chi connectivity index (χ0n) is 15.7. The minimum Gasteiger partial charge on any atom is -0.340 e. The van der Waals surface area contributed by atoms with E-state index >= 15 is 0 Å². The van der Waals surface area contributed by atoms with Crippen LogP contribution in [0.15, 0.2) is 38.2 Å². The molecule has 0 bridgehead atoms. The Morgan fingerprint density at radius 1 is 1.14 bits per heavy atom. The van der Waals surface area contributed by atoms with Crippen LogP contribution in [0.25, 0.3) is 0 Å². The summed E-state index contributed by atoms with van der Waals surface area (Å²) in [6, 6.07) is 6.56. The third-order valence-corrected chi connectivity index (χ3v) is 7.02. The summed E-state index contributed by atoms with van der Waals surface area (Å²) in [4.78, 5) is 18.6. The van der Waals surface area contributed by atoms with Crippen LogP contribution in [0.5, 0.6) is 0 Å². The quantitative estimate of drug-likeness (QED) is 0.615. The second-order valence-electron chi connectivity index (χ2n) is 6.59. The number of amides is 1. The second-order valence-corrected chi connectivity index (χ2v) is 9.45. The van der Waals surface area contributed by atoms with Gasteiger partial charge in [-0.1, -0.05) is 28.0 Å². The fourth-order valence-electron chi connectivity index (χ4n) is 3.02. The summed E-state index contributed by atoms with van der Waals surface area (Å²) in [7, 11) is -3.54. The Kier molecular flexibility index (Phi) is 6.84. The van der Waals surface area contributed by atoms with Crippen LogP contribution in [0.2, 0.25) is 0 Å². The van der Waals surface area contributed by atoms with E-state index < -0.39 is 10.0 Å². The average molecular weight is 471 g/mol. The largest absolute Gasteiger partial charge is 0.340 e. The van der Waals surface area contributed by atoms with Crippen molar-refractivity contribution in [2.45, 2.75) is 37.5 Å². The highest BCUT2D eigenvalue weighted by Crippen LogP contribution is 2.20. The number of nitrogens with zero attached hydrogens (tertiary/aromatic N) is 4. The Bertz CT molecular complexity index is 906. The highest BCUT2D eigenvalue weighted by atomic mass is 79.9. The maximum Gasteiger partial charge on any atom is 0.243 e. The molecule has 0 saturated carbocycles. The zero-order valence-corrected chi connectivity index (χ0v) is 18.1. The zero-order chi connectivity index (χ0) is 20.1. The molecule has 1 fully saturated rings. The summed E-state index contributed by atoms with van der Waals surface area (Å²) in [6.07, 6.45) is 2.36.